The van der Waals surface area contributed by atoms with E-state index in [9.17, 15) is 14.7 Å². The molecule has 6 nitrogen and oxygen atoms in total. The fraction of sp³-hybridized carbons (Fsp3) is 0.846. The molecule has 1 aliphatic rings. The molecule has 7 heteroatoms. The maximum absolute atomic E-state index is 11.6. The second-order valence-electron chi connectivity index (χ2n) is 5.27. The SMILES string of the molecule is CSCCC(C)(O)CNC(=O)C(=O)NCC1CCCO1. The molecule has 3 N–H and O–H groups in total. The normalized spacial score (nSPS) is 21.2. The van der Waals surface area contributed by atoms with Crippen molar-refractivity contribution >= 4 is 23.6 Å². The van der Waals surface area contributed by atoms with Crippen molar-refractivity contribution in [1.29, 1.82) is 0 Å². The molecule has 2 unspecified atom stereocenters. The van der Waals surface area contributed by atoms with Crippen LogP contribution < -0.4 is 10.6 Å². The van der Waals surface area contributed by atoms with Gasteiger partial charge in [0.15, 0.2) is 0 Å². The molecule has 0 bridgehead atoms. The maximum atomic E-state index is 11.6. The van der Waals surface area contributed by atoms with Gasteiger partial charge in [0.2, 0.25) is 0 Å². The highest BCUT2D eigenvalue weighted by Gasteiger charge is 2.23. The topological polar surface area (TPSA) is 87.7 Å². The summed E-state index contributed by atoms with van der Waals surface area (Å²) in [6.07, 6.45) is 4.42. The summed E-state index contributed by atoms with van der Waals surface area (Å²) in [6, 6.07) is 0. The van der Waals surface area contributed by atoms with Gasteiger partial charge in [-0.15, -0.1) is 0 Å². The molecule has 0 spiro atoms. The molecule has 2 amide bonds. The molecule has 0 aliphatic carbocycles. The van der Waals surface area contributed by atoms with Crippen molar-refractivity contribution in [2.24, 2.45) is 0 Å². The van der Waals surface area contributed by atoms with Crippen LogP contribution in [0.5, 0.6) is 0 Å². The molecule has 0 aromatic carbocycles. The number of nitrogens with one attached hydrogen (secondary N) is 2. The lowest BCUT2D eigenvalue weighted by Gasteiger charge is -2.23. The fourth-order valence-corrected chi connectivity index (χ4v) is 2.50. The molecule has 20 heavy (non-hydrogen) atoms. The van der Waals surface area contributed by atoms with Crippen molar-refractivity contribution in [3.63, 3.8) is 0 Å². The Morgan fingerprint density at radius 3 is 2.70 bits per heavy atom. The largest absolute Gasteiger partial charge is 0.388 e. The minimum absolute atomic E-state index is 0.0106. The number of carbonyl (C=O) groups is 2. The van der Waals surface area contributed by atoms with E-state index in [1.165, 1.54) is 0 Å². The van der Waals surface area contributed by atoms with Crippen LogP contribution in [0.4, 0.5) is 0 Å². The van der Waals surface area contributed by atoms with E-state index in [1.807, 2.05) is 6.26 Å². The van der Waals surface area contributed by atoms with Crippen LogP contribution in [-0.2, 0) is 14.3 Å². The summed E-state index contributed by atoms with van der Waals surface area (Å²) in [5.41, 5.74) is -0.993. The lowest BCUT2D eigenvalue weighted by Crippen LogP contribution is -2.47. The highest BCUT2D eigenvalue weighted by atomic mass is 32.2. The predicted octanol–water partition coefficient (Wildman–Crippen LogP) is -0.0981. The Kier molecular flexibility index (Phi) is 7.32. The Morgan fingerprint density at radius 1 is 1.40 bits per heavy atom. The van der Waals surface area contributed by atoms with Crippen LogP contribution in [0.2, 0.25) is 0 Å². The summed E-state index contributed by atoms with van der Waals surface area (Å²) >= 11 is 1.63. The van der Waals surface area contributed by atoms with E-state index < -0.39 is 17.4 Å². The van der Waals surface area contributed by atoms with E-state index in [-0.39, 0.29) is 12.6 Å². The van der Waals surface area contributed by atoms with Crippen molar-refractivity contribution in [2.75, 3.05) is 31.7 Å². The first-order valence-corrected chi connectivity index (χ1v) is 8.23. The van der Waals surface area contributed by atoms with Gasteiger partial charge >= 0.3 is 11.8 Å². The average molecular weight is 304 g/mol. The van der Waals surface area contributed by atoms with Crippen LogP contribution in [0.1, 0.15) is 26.2 Å². The van der Waals surface area contributed by atoms with Gasteiger partial charge in [-0.05, 0) is 38.2 Å². The molecular formula is C13H24N2O4S. The Morgan fingerprint density at radius 2 is 2.10 bits per heavy atom. The lowest BCUT2D eigenvalue weighted by atomic mass is 10.0. The number of hydrogen-bond donors (Lipinski definition) is 3. The van der Waals surface area contributed by atoms with Gasteiger partial charge in [0, 0.05) is 19.7 Å². The highest BCUT2D eigenvalue weighted by molar-refractivity contribution is 7.98. The third kappa shape index (κ3) is 6.58. The number of thioether (sulfide) groups is 1. The summed E-state index contributed by atoms with van der Waals surface area (Å²) in [4.78, 5) is 23.2. The zero-order chi connectivity index (χ0) is 15.0. The Bertz CT molecular complexity index is 330. The van der Waals surface area contributed by atoms with Gasteiger partial charge in [0.05, 0.1) is 11.7 Å². The molecule has 0 radical (unpaired) electrons. The smallest absolute Gasteiger partial charge is 0.309 e. The molecule has 1 saturated heterocycles. The van der Waals surface area contributed by atoms with Crippen LogP contribution in [0.3, 0.4) is 0 Å². The predicted molar refractivity (Wildman–Crippen MR) is 78.6 cm³/mol. The zero-order valence-corrected chi connectivity index (χ0v) is 12.9. The van der Waals surface area contributed by atoms with E-state index in [0.29, 0.717) is 19.6 Å². The number of amides is 2. The van der Waals surface area contributed by atoms with Gasteiger partial charge in [-0.1, -0.05) is 0 Å². The van der Waals surface area contributed by atoms with Gasteiger partial charge in [-0.25, -0.2) is 0 Å². The summed E-state index contributed by atoms with van der Waals surface area (Å²) in [7, 11) is 0. The van der Waals surface area contributed by atoms with Gasteiger partial charge in [0.25, 0.3) is 0 Å². The first kappa shape index (κ1) is 17.3. The third-order valence-corrected chi connectivity index (χ3v) is 3.81. The summed E-state index contributed by atoms with van der Waals surface area (Å²) in [5.74, 6) is -0.595. The molecule has 1 fully saturated rings. The Balaban J connectivity index is 2.21. The zero-order valence-electron chi connectivity index (χ0n) is 12.1. The van der Waals surface area contributed by atoms with E-state index >= 15 is 0 Å². The van der Waals surface area contributed by atoms with Crippen molar-refractivity contribution in [1.82, 2.24) is 10.6 Å². The third-order valence-electron chi connectivity index (χ3n) is 3.20. The fourth-order valence-electron chi connectivity index (χ4n) is 1.85. The van der Waals surface area contributed by atoms with E-state index in [1.54, 1.807) is 18.7 Å². The van der Waals surface area contributed by atoms with Crippen molar-refractivity contribution in [2.45, 2.75) is 37.9 Å². The maximum Gasteiger partial charge on any atom is 0.309 e. The van der Waals surface area contributed by atoms with Crippen LogP contribution in [0.25, 0.3) is 0 Å². The Labute approximate surface area is 124 Å². The van der Waals surface area contributed by atoms with E-state index in [4.69, 9.17) is 4.74 Å². The Hall–Kier alpha value is -0.790. The molecule has 0 aromatic heterocycles. The van der Waals surface area contributed by atoms with Gasteiger partial charge < -0.3 is 20.5 Å². The number of hydrogen-bond acceptors (Lipinski definition) is 5. The van der Waals surface area contributed by atoms with Crippen LogP contribution in [0, 0.1) is 0 Å². The number of ether oxygens (including phenoxy) is 1. The minimum Gasteiger partial charge on any atom is -0.388 e. The van der Waals surface area contributed by atoms with Gasteiger partial charge in [-0.3, -0.25) is 9.59 Å². The molecular weight excluding hydrogens is 280 g/mol. The number of carbonyl (C=O) groups excluding carboxylic acids is 2. The first-order chi connectivity index (χ1) is 9.44. The second kappa shape index (κ2) is 8.49. The molecule has 1 aliphatic heterocycles. The van der Waals surface area contributed by atoms with Crippen LogP contribution in [0.15, 0.2) is 0 Å². The van der Waals surface area contributed by atoms with Crippen LogP contribution in [-0.4, -0.2) is 60.3 Å². The number of aliphatic hydroxyl groups is 1. The summed E-state index contributed by atoms with van der Waals surface area (Å²) in [6.45, 7) is 2.79. The lowest BCUT2D eigenvalue weighted by molar-refractivity contribution is -0.140. The number of rotatable bonds is 7. The van der Waals surface area contributed by atoms with Gasteiger partial charge in [0.1, 0.15) is 0 Å². The van der Waals surface area contributed by atoms with Crippen molar-refractivity contribution in [3.05, 3.63) is 0 Å². The van der Waals surface area contributed by atoms with Crippen molar-refractivity contribution < 1.29 is 19.4 Å². The standard InChI is InChI=1S/C13H24N2O4S/c1-13(18,5-7-20-2)9-15-12(17)11(16)14-8-10-4-3-6-19-10/h10,18H,3-9H2,1-2H3,(H,14,16)(H,15,17). The molecule has 2 atom stereocenters. The first-order valence-electron chi connectivity index (χ1n) is 6.83. The average Bonchev–Trinajstić information content (AvgIpc) is 2.93. The molecule has 116 valence electrons. The van der Waals surface area contributed by atoms with Crippen molar-refractivity contribution in [3.8, 4) is 0 Å². The van der Waals surface area contributed by atoms with Gasteiger partial charge in [-0.2, -0.15) is 11.8 Å². The highest BCUT2D eigenvalue weighted by Crippen LogP contribution is 2.11. The van der Waals surface area contributed by atoms with E-state index in [0.717, 1.165) is 18.6 Å². The molecule has 1 heterocycles. The quantitative estimate of drug-likeness (QED) is 0.572. The molecule has 0 aromatic rings. The molecule has 1 rings (SSSR count). The summed E-state index contributed by atoms with van der Waals surface area (Å²) < 4.78 is 5.35. The molecule has 0 saturated carbocycles. The monoisotopic (exact) mass is 304 g/mol. The second-order valence-corrected chi connectivity index (χ2v) is 6.25. The summed E-state index contributed by atoms with van der Waals surface area (Å²) in [5, 5.41) is 15.0. The van der Waals surface area contributed by atoms with E-state index in [2.05, 4.69) is 10.6 Å². The minimum atomic E-state index is -0.993. The van der Waals surface area contributed by atoms with Crippen LogP contribution >= 0.6 is 11.8 Å².